The molecule has 2 N–H and O–H groups in total. The summed E-state index contributed by atoms with van der Waals surface area (Å²) in [4.78, 5) is 26.4. The van der Waals surface area contributed by atoms with Crippen molar-refractivity contribution < 1.29 is 22.8 Å². The molecule has 0 amide bonds. The summed E-state index contributed by atoms with van der Waals surface area (Å²) in [5, 5.41) is 0. The molecule has 100 valence electrons. The van der Waals surface area contributed by atoms with Gasteiger partial charge in [0.2, 0.25) is 0 Å². The number of rotatable bonds is 2. The van der Waals surface area contributed by atoms with Crippen molar-refractivity contribution in [1.82, 2.24) is 4.73 Å². The molecule has 0 aliphatic carbocycles. The highest BCUT2D eigenvalue weighted by molar-refractivity contribution is 5.75. The van der Waals surface area contributed by atoms with Gasteiger partial charge in [-0.1, -0.05) is 0 Å². The smallest absolute Gasteiger partial charge is 0.326 e. The summed E-state index contributed by atoms with van der Waals surface area (Å²) < 4.78 is 36.4. The Bertz CT molecular complexity index is 534. The number of halogens is 3. The number of hydrogen-bond donors (Lipinski definition) is 1. The summed E-state index contributed by atoms with van der Waals surface area (Å²) in [5.41, 5.74) is 5.14. The topological polar surface area (TPSA) is 74.3 Å². The first-order valence-corrected chi connectivity index (χ1v) is 4.90. The van der Waals surface area contributed by atoms with Gasteiger partial charge in [0.1, 0.15) is 0 Å². The SMILES string of the molecule is Cc1cc(C)n(OC(=O)C(F)(F)F)c(=O)c1CN. The summed E-state index contributed by atoms with van der Waals surface area (Å²) in [7, 11) is 0. The molecule has 0 atom stereocenters. The van der Waals surface area contributed by atoms with Gasteiger partial charge in [-0.05, 0) is 25.5 Å². The molecule has 18 heavy (non-hydrogen) atoms. The second kappa shape index (κ2) is 4.81. The fourth-order valence-corrected chi connectivity index (χ4v) is 1.41. The predicted octanol–water partition coefficient (Wildman–Crippen LogP) is 0.441. The minimum absolute atomic E-state index is 0.0762. The van der Waals surface area contributed by atoms with Crippen LogP contribution in [0, 0.1) is 13.8 Å². The van der Waals surface area contributed by atoms with Crippen LogP contribution in [0.3, 0.4) is 0 Å². The first-order valence-electron chi connectivity index (χ1n) is 4.90. The molecule has 0 aliphatic heterocycles. The lowest BCUT2D eigenvalue weighted by Crippen LogP contribution is -2.40. The van der Waals surface area contributed by atoms with E-state index in [1.165, 1.54) is 13.0 Å². The molecule has 0 saturated carbocycles. The Labute approximate surface area is 99.9 Å². The Hall–Kier alpha value is -1.83. The molecular weight excluding hydrogens is 253 g/mol. The van der Waals surface area contributed by atoms with Crippen LogP contribution in [0.5, 0.6) is 0 Å². The molecule has 1 heterocycles. The van der Waals surface area contributed by atoms with E-state index in [1.54, 1.807) is 6.92 Å². The average Bonchev–Trinajstić information content (AvgIpc) is 2.22. The lowest BCUT2D eigenvalue weighted by atomic mass is 10.1. The van der Waals surface area contributed by atoms with Crippen molar-refractivity contribution >= 4 is 5.97 Å². The zero-order chi connectivity index (χ0) is 14.1. The highest BCUT2D eigenvalue weighted by Crippen LogP contribution is 2.15. The maximum atomic E-state index is 12.0. The largest absolute Gasteiger partial charge is 0.493 e. The number of hydrogen-bond acceptors (Lipinski definition) is 4. The number of carbonyl (C=O) groups is 1. The number of nitrogens with two attached hydrogens (primary N) is 1. The van der Waals surface area contributed by atoms with E-state index in [1.807, 2.05) is 0 Å². The number of aryl methyl sites for hydroxylation is 2. The lowest BCUT2D eigenvalue weighted by molar-refractivity contribution is -0.200. The molecule has 0 aromatic carbocycles. The Morgan fingerprint density at radius 1 is 1.44 bits per heavy atom. The van der Waals surface area contributed by atoms with Crippen LogP contribution in [0.25, 0.3) is 0 Å². The van der Waals surface area contributed by atoms with Gasteiger partial charge >= 0.3 is 12.1 Å². The zero-order valence-corrected chi connectivity index (χ0v) is 9.67. The summed E-state index contributed by atoms with van der Waals surface area (Å²) in [6.45, 7) is 2.78. The predicted molar refractivity (Wildman–Crippen MR) is 55.7 cm³/mol. The van der Waals surface area contributed by atoms with Crippen molar-refractivity contribution in [2.75, 3.05) is 0 Å². The molecule has 0 fully saturated rings. The van der Waals surface area contributed by atoms with Gasteiger partial charge in [0.15, 0.2) is 0 Å². The minimum Gasteiger partial charge on any atom is -0.326 e. The highest BCUT2D eigenvalue weighted by Gasteiger charge is 2.42. The van der Waals surface area contributed by atoms with Crippen LogP contribution in [0.1, 0.15) is 16.8 Å². The molecule has 0 saturated heterocycles. The van der Waals surface area contributed by atoms with Crippen molar-refractivity contribution in [2.45, 2.75) is 26.6 Å². The van der Waals surface area contributed by atoms with Gasteiger partial charge in [0.25, 0.3) is 5.56 Å². The molecule has 0 spiro atoms. The van der Waals surface area contributed by atoms with Crippen molar-refractivity contribution in [3.63, 3.8) is 0 Å². The molecular formula is C10H11F3N2O3. The fourth-order valence-electron chi connectivity index (χ4n) is 1.41. The van der Waals surface area contributed by atoms with Gasteiger partial charge in [-0.25, -0.2) is 4.79 Å². The molecule has 0 radical (unpaired) electrons. The van der Waals surface area contributed by atoms with Gasteiger partial charge < -0.3 is 10.6 Å². The van der Waals surface area contributed by atoms with Gasteiger partial charge in [0, 0.05) is 12.1 Å². The third-order valence-electron chi connectivity index (χ3n) is 2.27. The Morgan fingerprint density at radius 2 is 2.00 bits per heavy atom. The van der Waals surface area contributed by atoms with E-state index < -0.39 is 17.7 Å². The fraction of sp³-hybridized carbons (Fsp3) is 0.400. The van der Waals surface area contributed by atoms with Crippen molar-refractivity contribution in [2.24, 2.45) is 5.73 Å². The standard InChI is InChI=1S/C10H11F3N2O3/c1-5-3-6(2)15(8(16)7(5)4-14)18-9(17)10(11,12)13/h3H,4,14H2,1-2H3. The van der Waals surface area contributed by atoms with Crippen molar-refractivity contribution in [3.05, 3.63) is 33.2 Å². The van der Waals surface area contributed by atoms with Crippen LogP contribution in [-0.4, -0.2) is 16.9 Å². The van der Waals surface area contributed by atoms with Crippen LogP contribution in [0.4, 0.5) is 13.2 Å². The summed E-state index contributed by atoms with van der Waals surface area (Å²) in [5.74, 6) is -2.46. The highest BCUT2D eigenvalue weighted by atomic mass is 19.4. The van der Waals surface area contributed by atoms with Gasteiger partial charge in [-0.3, -0.25) is 4.79 Å². The maximum absolute atomic E-state index is 12.0. The number of alkyl halides is 3. The quantitative estimate of drug-likeness (QED) is 0.841. The summed E-state index contributed by atoms with van der Waals surface area (Å²) in [6, 6.07) is 1.41. The van der Waals surface area contributed by atoms with Crippen LogP contribution in [-0.2, 0) is 11.3 Å². The molecule has 1 aromatic heterocycles. The minimum atomic E-state index is -5.17. The van der Waals surface area contributed by atoms with Crippen molar-refractivity contribution in [3.8, 4) is 0 Å². The van der Waals surface area contributed by atoms with Crippen LogP contribution in [0.15, 0.2) is 10.9 Å². The molecule has 1 aromatic rings. The van der Waals surface area contributed by atoms with E-state index in [0.717, 1.165) is 0 Å². The second-order valence-corrected chi connectivity index (χ2v) is 3.63. The van der Waals surface area contributed by atoms with Gasteiger partial charge in [-0.2, -0.15) is 13.2 Å². The first kappa shape index (κ1) is 14.2. The molecule has 0 bridgehead atoms. The average molecular weight is 264 g/mol. The normalized spacial score (nSPS) is 11.4. The van der Waals surface area contributed by atoms with E-state index in [2.05, 4.69) is 4.84 Å². The molecule has 0 aliphatic rings. The third-order valence-corrected chi connectivity index (χ3v) is 2.27. The Morgan fingerprint density at radius 3 is 2.44 bits per heavy atom. The molecule has 0 unspecified atom stereocenters. The monoisotopic (exact) mass is 264 g/mol. The van der Waals surface area contributed by atoms with Gasteiger partial charge in [0.05, 0.1) is 5.69 Å². The number of nitrogens with zero attached hydrogens (tertiary/aromatic N) is 1. The van der Waals surface area contributed by atoms with Crippen LogP contribution in [0.2, 0.25) is 0 Å². The van der Waals surface area contributed by atoms with E-state index >= 15 is 0 Å². The molecule has 8 heteroatoms. The Kier molecular flexibility index (Phi) is 3.80. The second-order valence-electron chi connectivity index (χ2n) is 3.63. The van der Waals surface area contributed by atoms with Crippen LogP contribution < -0.4 is 16.1 Å². The number of pyridine rings is 1. The van der Waals surface area contributed by atoms with Gasteiger partial charge in [-0.15, -0.1) is 4.73 Å². The van der Waals surface area contributed by atoms with E-state index in [0.29, 0.717) is 10.3 Å². The molecule has 5 nitrogen and oxygen atoms in total. The maximum Gasteiger partial charge on any atom is 0.493 e. The lowest BCUT2D eigenvalue weighted by Gasteiger charge is -2.13. The van der Waals surface area contributed by atoms with E-state index in [9.17, 15) is 22.8 Å². The van der Waals surface area contributed by atoms with E-state index in [-0.39, 0.29) is 17.8 Å². The summed E-state index contributed by atoms with van der Waals surface area (Å²) >= 11 is 0. The van der Waals surface area contributed by atoms with Crippen LogP contribution >= 0.6 is 0 Å². The third kappa shape index (κ3) is 2.70. The number of aromatic nitrogens is 1. The Balaban J connectivity index is 3.27. The van der Waals surface area contributed by atoms with Crippen molar-refractivity contribution in [1.29, 1.82) is 0 Å². The zero-order valence-electron chi connectivity index (χ0n) is 9.67. The number of carbonyl (C=O) groups excluding carboxylic acids is 1. The first-order chi connectivity index (χ1) is 8.18. The van der Waals surface area contributed by atoms with E-state index in [4.69, 9.17) is 5.73 Å². The summed E-state index contributed by atoms with van der Waals surface area (Å²) in [6.07, 6.45) is -5.17. The molecule has 1 rings (SSSR count).